The van der Waals surface area contributed by atoms with Crippen LogP contribution in [0.15, 0.2) is 11.6 Å². The minimum absolute atomic E-state index is 0.00467. The van der Waals surface area contributed by atoms with Gasteiger partial charge in [0.25, 0.3) is 0 Å². The average molecular weight is 366 g/mol. The van der Waals surface area contributed by atoms with Crippen LogP contribution in [0, 0.1) is 5.41 Å². The molecule has 1 N–H and O–H groups in total. The summed E-state index contributed by atoms with van der Waals surface area (Å²) in [5, 5.41) is 6.27. The molecule has 138 valence electrons. The number of nitrogens with one attached hydrogen (secondary N) is 1. The number of aromatic nitrogens is 1. The van der Waals surface area contributed by atoms with E-state index in [4.69, 9.17) is 4.74 Å². The maximum absolute atomic E-state index is 12.9. The van der Waals surface area contributed by atoms with E-state index < -0.39 is 0 Å². The second kappa shape index (κ2) is 7.80. The van der Waals surface area contributed by atoms with Gasteiger partial charge in [0.2, 0.25) is 11.8 Å². The van der Waals surface area contributed by atoms with Crippen molar-refractivity contribution >= 4 is 23.2 Å². The fourth-order valence-corrected chi connectivity index (χ4v) is 4.31. The molecule has 3 rings (SSSR count). The van der Waals surface area contributed by atoms with Gasteiger partial charge in [-0.25, -0.2) is 4.98 Å². The predicted octanol–water partition coefficient (Wildman–Crippen LogP) is 0.719. The Kier molecular flexibility index (Phi) is 5.71. The van der Waals surface area contributed by atoms with Gasteiger partial charge in [0.15, 0.2) is 0 Å². The topological polar surface area (TPSA) is 74.8 Å². The molecule has 2 aliphatic rings. The van der Waals surface area contributed by atoms with E-state index in [0.717, 1.165) is 37.4 Å². The number of likely N-dealkylation sites (N-methyl/N-ethyl adjacent to an activating group) is 1. The number of carbonyl (C=O) groups is 2. The number of hydrogen-bond donors (Lipinski definition) is 1. The third-order valence-corrected chi connectivity index (χ3v) is 6.06. The van der Waals surface area contributed by atoms with Crippen molar-refractivity contribution in [3.05, 3.63) is 16.6 Å². The molecule has 2 amide bonds. The highest BCUT2D eigenvalue weighted by atomic mass is 32.1. The van der Waals surface area contributed by atoms with Crippen molar-refractivity contribution in [2.24, 2.45) is 5.41 Å². The van der Waals surface area contributed by atoms with Crippen molar-refractivity contribution in [3.63, 3.8) is 0 Å². The first kappa shape index (κ1) is 18.3. The summed E-state index contributed by atoms with van der Waals surface area (Å²) in [4.78, 5) is 32.6. The molecular formula is C17H26N4O3S. The second-order valence-electron chi connectivity index (χ2n) is 6.96. The van der Waals surface area contributed by atoms with Crippen molar-refractivity contribution in [1.29, 1.82) is 0 Å². The summed E-state index contributed by atoms with van der Waals surface area (Å²) in [6.07, 6.45) is 5.04. The SMILES string of the molecule is COCC(=O)N(C)CC(=O)N(Cc1nccs1)C1CC12CCNCC2. The molecule has 1 unspecified atom stereocenters. The van der Waals surface area contributed by atoms with E-state index in [1.165, 1.54) is 12.0 Å². The van der Waals surface area contributed by atoms with E-state index >= 15 is 0 Å². The fraction of sp³-hybridized carbons (Fsp3) is 0.706. The van der Waals surface area contributed by atoms with Crippen LogP contribution < -0.4 is 5.32 Å². The molecule has 1 aromatic rings. The van der Waals surface area contributed by atoms with Gasteiger partial charge in [-0.3, -0.25) is 9.59 Å². The summed E-state index contributed by atoms with van der Waals surface area (Å²) >= 11 is 1.56. The predicted molar refractivity (Wildman–Crippen MR) is 95.1 cm³/mol. The van der Waals surface area contributed by atoms with E-state index in [1.807, 2.05) is 10.3 Å². The molecule has 1 aromatic heterocycles. The standard InChI is InChI=1S/C17H26N4O3S/c1-20(16(23)12-24-2)11-15(22)21(10-14-19-7-8-25-14)13-9-17(13)3-5-18-6-4-17/h7-8,13,18H,3-6,9-12H2,1-2H3. The largest absolute Gasteiger partial charge is 0.375 e. The molecule has 1 aliphatic carbocycles. The number of piperidine rings is 1. The smallest absolute Gasteiger partial charge is 0.248 e. The van der Waals surface area contributed by atoms with Crippen molar-refractivity contribution in [2.45, 2.75) is 31.8 Å². The molecule has 7 nitrogen and oxygen atoms in total. The zero-order valence-electron chi connectivity index (χ0n) is 14.9. The summed E-state index contributed by atoms with van der Waals surface area (Å²) in [6.45, 7) is 2.64. The number of thiazole rings is 1. The molecule has 2 fully saturated rings. The maximum atomic E-state index is 12.9. The van der Waals surface area contributed by atoms with Gasteiger partial charge in [-0.15, -0.1) is 11.3 Å². The highest BCUT2D eigenvalue weighted by Gasteiger charge is 2.57. The molecule has 1 spiro atoms. The normalized spacial score (nSPS) is 21.1. The molecule has 1 saturated carbocycles. The Bertz CT molecular complexity index is 601. The summed E-state index contributed by atoms with van der Waals surface area (Å²) < 4.78 is 4.87. The Morgan fingerprint density at radius 3 is 2.80 bits per heavy atom. The number of carbonyl (C=O) groups excluding carboxylic acids is 2. The Balaban J connectivity index is 1.68. The minimum atomic E-state index is -0.183. The van der Waals surface area contributed by atoms with E-state index in [0.29, 0.717) is 6.54 Å². The lowest BCUT2D eigenvalue weighted by molar-refractivity contribution is -0.142. The van der Waals surface area contributed by atoms with E-state index in [-0.39, 0.29) is 36.4 Å². The molecule has 0 radical (unpaired) electrons. The van der Waals surface area contributed by atoms with Gasteiger partial charge in [-0.1, -0.05) is 0 Å². The molecular weight excluding hydrogens is 340 g/mol. The first-order valence-electron chi connectivity index (χ1n) is 8.67. The first-order valence-corrected chi connectivity index (χ1v) is 9.55. The summed E-state index contributed by atoms with van der Waals surface area (Å²) in [5.41, 5.74) is 0.257. The summed E-state index contributed by atoms with van der Waals surface area (Å²) in [6, 6.07) is 0.261. The van der Waals surface area contributed by atoms with Gasteiger partial charge < -0.3 is 19.9 Å². The van der Waals surface area contributed by atoms with Gasteiger partial charge in [-0.2, -0.15) is 0 Å². The van der Waals surface area contributed by atoms with E-state index in [1.54, 1.807) is 24.6 Å². The molecule has 0 aromatic carbocycles. The van der Waals surface area contributed by atoms with Crippen molar-refractivity contribution in [3.8, 4) is 0 Å². The van der Waals surface area contributed by atoms with Crippen molar-refractivity contribution in [2.75, 3.05) is 40.4 Å². The Labute approximate surface area is 152 Å². The van der Waals surface area contributed by atoms with Crippen LogP contribution in [0.25, 0.3) is 0 Å². The minimum Gasteiger partial charge on any atom is -0.375 e. The number of rotatable bonds is 7. The van der Waals surface area contributed by atoms with Crippen LogP contribution >= 0.6 is 11.3 Å². The van der Waals surface area contributed by atoms with Gasteiger partial charge in [-0.05, 0) is 37.8 Å². The highest BCUT2D eigenvalue weighted by Crippen LogP contribution is 2.56. The molecule has 0 bridgehead atoms. The maximum Gasteiger partial charge on any atom is 0.248 e. The van der Waals surface area contributed by atoms with Crippen molar-refractivity contribution in [1.82, 2.24) is 20.1 Å². The number of methoxy groups -OCH3 is 1. The number of nitrogens with zero attached hydrogens (tertiary/aromatic N) is 3. The van der Waals surface area contributed by atoms with Crippen molar-refractivity contribution < 1.29 is 14.3 Å². The third kappa shape index (κ3) is 4.19. The lowest BCUT2D eigenvalue weighted by Gasteiger charge is -2.30. The number of hydrogen-bond acceptors (Lipinski definition) is 6. The van der Waals surface area contributed by atoms with Crippen LogP contribution in [0.1, 0.15) is 24.3 Å². The zero-order valence-corrected chi connectivity index (χ0v) is 15.7. The van der Waals surface area contributed by atoms with E-state index in [2.05, 4.69) is 10.3 Å². The quantitative estimate of drug-likeness (QED) is 0.770. The Morgan fingerprint density at radius 1 is 1.40 bits per heavy atom. The highest BCUT2D eigenvalue weighted by molar-refractivity contribution is 7.09. The van der Waals surface area contributed by atoms with Gasteiger partial charge in [0.05, 0.1) is 13.1 Å². The van der Waals surface area contributed by atoms with Crippen LogP contribution in [-0.4, -0.2) is 73.0 Å². The lowest BCUT2D eigenvalue weighted by atomic mass is 9.93. The molecule has 25 heavy (non-hydrogen) atoms. The Morgan fingerprint density at radius 2 is 2.16 bits per heavy atom. The molecule has 1 atom stereocenters. The number of ether oxygens (including phenoxy) is 1. The molecule has 1 saturated heterocycles. The second-order valence-corrected chi connectivity index (χ2v) is 7.94. The van der Waals surface area contributed by atoms with Gasteiger partial charge in [0.1, 0.15) is 11.6 Å². The first-order chi connectivity index (χ1) is 12.1. The molecule has 1 aliphatic heterocycles. The average Bonchev–Trinajstić information content (AvgIpc) is 3.04. The monoisotopic (exact) mass is 366 g/mol. The van der Waals surface area contributed by atoms with Crippen LogP contribution in [0.5, 0.6) is 0 Å². The zero-order chi connectivity index (χ0) is 17.9. The summed E-state index contributed by atoms with van der Waals surface area (Å²) in [5.74, 6) is -0.194. The Hall–Kier alpha value is -1.51. The van der Waals surface area contributed by atoms with Crippen LogP contribution in [-0.2, 0) is 20.9 Å². The van der Waals surface area contributed by atoms with Crippen LogP contribution in [0.4, 0.5) is 0 Å². The third-order valence-electron chi connectivity index (χ3n) is 5.30. The number of amides is 2. The molecule has 2 heterocycles. The van der Waals surface area contributed by atoms with E-state index in [9.17, 15) is 9.59 Å². The van der Waals surface area contributed by atoms with Gasteiger partial charge >= 0.3 is 0 Å². The fourth-order valence-electron chi connectivity index (χ4n) is 3.69. The summed E-state index contributed by atoms with van der Waals surface area (Å²) in [7, 11) is 3.13. The van der Waals surface area contributed by atoms with Gasteiger partial charge in [0, 0.05) is 31.8 Å². The van der Waals surface area contributed by atoms with Crippen LogP contribution in [0.3, 0.4) is 0 Å². The lowest BCUT2D eigenvalue weighted by Crippen LogP contribution is -2.45. The molecule has 8 heteroatoms. The van der Waals surface area contributed by atoms with Crippen LogP contribution in [0.2, 0.25) is 0 Å².